The first-order valence-electron chi connectivity index (χ1n) is 6.35. The van der Waals surface area contributed by atoms with Crippen molar-refractivity contribution in [3.8, 4) is 11.4 Å². The van der Waals surface area contributed by atoms with Crippen molar-refractivity contribution < 1.29 is 4.52 Å². The number of benzene rings is 1. The Bertz CT molecular complexity index is 528. The van der Waals surface area contributed by atoms with Crippen molar-refractivity contribution in [2.24, 2.45) is 5.92 Å². The van der Waals surface area contributed by atoms with Crippen molar-refractivity contribution in [1.29, 1.82) is 0 Å². The molecule has 0 amide bonds. The van der Waals surface area contributed by atoms with Crippen LogP contribution in [0.3, 0.4) is 0 Å². The molecule has 0 aliphatic carbocycles. The van der Waals surface area contributed by atoms with Gasteiger partial charge < -0.3 is 9.84 Å². The summed E-state index contributed by atoms with van der Waals surface area (Å²) in [7, 11) is 0. The molecule has 1 aliphatic heterocycles. The van der Waals surface area contributed by atoms with Crippen LogP contribution in [0.1, 0.15) is 24.3 Å². The van der Waals surface area contributed by atoms with Crippen LogP contribution in [0.2, 0.25) is 0 Å². The highest BCUT2D eigenvalue weighted by atomic mass is 16.5. The van der Waals surface area contributed by atoms with Gasteiger partial charge in [0.1, 0.15) is 0 Å². The molecule has 1 aromatic carbocycles. The lowest BCUT2D eigenvalue weighted by Crippen LogP contribution is -2.44. The Morgan fingerprint density at radius 1 is 1.28 bits per heavy atom. The van der Waals surface area contributed by atoms with Crippen LogP contribution in [0, 0.1) is 12.8 Å². The summed E-state index contributed by atoms with van der Waals surface area (Å²) in [6.45, 7) is 6.31. The Balaban J connectivity index is 1.82. The second-order valence-corrected chi connectivity index (χ2v) is 5.03. The minimum absolute atomic E-state index is 0.331. The summed E-state index contributed by atoms with van der Waals surface area (Å²) in [5, 5.41) is 7.34. The number of nitrogens with zero attached hydrogens (tertiary/aromatic N) is 2. The van der Waals surface area contributed by atoms with E-state index >= 15 is 0 Å². The van der Waals surface area contributed by atoms with Crippen LogP contribution in [0.5, 0.6) is 0 Å². The van der Waals surface area contributed by atoms with Gasteiger partial charge in [-0.3, -0.25) is 0 Å². The zero-order chi connectivity index (χ0) is 12.5. The van der Waals surface area contributed by atoms with E-state index in [0.717, 1.165) is 24.5 Å². The van der Waals surface area contributed by atoms with Gasteiger partial charge in [0.2, 0.25) is 11.7 Å². The Labute approximate surface area is 106 Å². The average Bonchev–Trinajstić information content (AvgIpc) is 2.77. The van der Waals surface area contributed by atoms with Crippen LogP contribution in [-0.2, 0) is 0 Å². The van der Waals surface area contributed by atoms with Gasteiger partial charge in [-0.25, -0.2) is 0 Å². The molecule has 1 aromatic heterocycles. The Kier molecular flexibility index (Phi) is 2.88. The summed E-state index contributed by atoms with van der Waals surface area (Å²) >= 11 is 0. The lowest BCUT2D eigenvalue weighted by atomic mass is 9.89. The number of aromatic nitrogens is 2. The maximum absolute atomic E-state index is 5.38. The van der Waals surface area contributed by atoms with Gasteiger partial charge in [0.05, 0.1) is 0 Å². The molecule has 4 nitrogen and oxygen atoms in total. The van der Waals surface area contributed by atoms with Crippen molar-refractivity contribution in [2.45, 2.75) is 19.8 Å². The zero-order valence-corrected chi connectivity index (χ0v) is 10.7. The first-order chi connectivity index (χ1) is 8.74. The largest absolute Gasteiger partial charge is 0.339 e. The zero-order valence-electron chi connectivity index (χ0n) is 10.7. The molecule has 1 atom stereocenters. The van der Waals surface area contributed by atoms with E-state index < -0.39 is 0 Å². The molecular formula is C14H17N3O. The predicted molar refractivity (Wildman–Crippen MR) is 69.2 cm³/mol. The third kappa shape index (κ3) is 2.04. The van der Waals surface area contributed by atoms with Gasteiger partial charge in [0, 0.05) is 11.5 Å². The van der Waals surface area contributed by atoms with Crippen LogP contribution in [0.15, 0.2) is 28.8 Å². The van der Waals surface area contributed by atoms with Gasteiger partial charge in [0.15, 0.2) is 0 Å². The normalized spacial score (nSPS) is 17.4. The van der Waals surface area contributed by atoms with Crippen LogP contribution in [0.4, 0.5) is 0 Å². The summed E-state index contributed by atoms with van der Waals surface area (Å²) in [5.74, 6) is 2.38. The van der Waals surface area contributed by atoms with E-state index in [1.54, 1.807) is 0 Å². The monoisotopic (exact) mass is 243 g/mol. The lowest BCUT2D eigenvalue weighted by molar-refractivity contribution is 0.252. The third-order valence-corrected chi connectivity index (χ3v) is 3.66. The highest BCUT2D eigenvalue weighted by Gasteiger charge is 2.28. The number of nitrogens with one attached hydrogen (secondary N) is 1. The molecule has 0 radical (unpaired) electrons. The highest BCUT2D eigenvalue weighted by molar-refractivity contribution is 5.54. The van der Waals surface area contributed by atoms with Crippen LogP contribution in [0.25, 0.3) is 11.4 Å². The average molecular weight is 243 g/mol. The summed E-state index contributed by atoms with van der Waals surface area (Å²) < 4.78 is 5.38. The molecule has 4 heteroatoms. The topological polar surface area (TPSA) is 51.0 Å². The minimum Gasteiger partial charge on any atom is -0.339 e. The van der Waals surface area contributed by atoms with Crippen molar-refractivity contribution in [2.75, 3.05) is 13.1 Å². The van der Waals surface area contributed by atoms with E-state index in [4.69, 9.17) is 4.52 Å². The van der Waals surface area contributed by atoms with Gasteiger partial charge in [-0.05, 0) is 25.9 Å². The van der Waals surface area contributed by atoms with E-state index in [1.807, 2.05) is 12.1 Å². The van der Waals surface area contributed by atoms with Crippen molar-refractivity contribution >= 4 is 0 Å². The Morgan fingerprint density at radius 3 is 2.61 bits per heavy atom. The summed E-state index contributed by atoms with van der Waals surface area (Å²) in [4.78, 5) is 4.51. The molecule has 0 saturated carbocycles. The Hall–Kier alpha value is -1.68. The smallest absolute Gasteiger partial charge is 0.230 e. The number of rotatable bonds is 3. The van der Waals surface area contributed by atoms with Crippen molar-refractivity contribution in [1.82, 2.24) is 15.5 Å². The SMILES string of the molecule is Cc1ccc(-c2noc(C(C)C3CNC3)n2)cc1. The van der Waals surface area contributed by atoms with Gasteiger partial charge in [-0.15, -0.1) is 0 Å². The van der Waals surface area contributed by atoms with Gasteiger partial charge in [-0.1, -0.05) is 41.9 Å². The summed E-state index contributed by atoms with van der Waals surface area (Å²) in [6, 6.07) is 8.17. The van der Waals surface area contributed by atoms with Crippen LogP contribution >= 0.6 is 0 Å². The fourth-order valence-electron chi connectivity index (χ4n) is 2.11. The number of aryl methyl sites for hydroxylation is 1. The van der Waals surface area contributed by atoms with Crippen LogP contribution in [-0.4, -0.2) is 23.2 Å². The molecule has 1 N–H and O–H groups in total. The summed E-state index contributed by atoms with van der Waals surface area (Å²) in [5.41, 5.74) is 2.24. The molecule has 2 heterocycles. The van der Waals surface area contributed by atoms with E-state index in [2.05, 4.69) is 41.4 Å². The number of hydrogen-bond donors (Lipinski definition) is 1. The molecule has 18 heavy (non-hydrogen) atoms. The maximum atomic E-state index is 5.38. The minimum atomic E-state index is 0.331. The molecule has 0 bridgehead atoms. The predicted octanol–water partition coefficient (Wildman–Crippen LogP) is 2.37. The number of hydrogen-bond acceptors (Lipinski definition) is 4. The van der Waals surface area contributed by atoms with Crippen molar-refractivity contribution in [3.05, 3.63) is 35.7 Å². The van der Waals surface area contributed by atoms with Crippen molar-refractivity contribution in [3.63, 3.8) is 0 Å². The standard InChI is InChI=1S/C14H17N3O/c1-9-3-5-11(6-4-9)13-16-14(18-17-13)10(2)12-7-15-8-12/h3-6,10,12,15H,7-8H2,1-2H3. The fourth-order valence-corrected chi connectivity index (χ4v) is 2.11. The first-order valence-corrected chi connectivity index (χ1v) is 6.35. The third-order valence-electron chi connectivity index (χ3n) is 3.66. The molecule has 3 rings (SSSR count). The molecular weight excluding hydrogens is 226 g/mol. The molecule has 2 aromatic rings. The fraction of sp³-hybridized carbons (Fsp3) is 0.429. The highest BCUT2D eigenvalue weighted by Crippen LogP contribution is 2.27. The lowest BCUT2D eigenvalue weighted by Gasteiger charge is -2.30. The molecule has 1 unspecified atom stereocenters. The van der Waals surface area contributed by atoms with Gasteiger partial charge in [-0.2, -0.15) is 4.98 Å². The molecule has 94 valence electrons. The molecule has 1 saturated heterocycles. The van der Waals surface area contributed by atoms with E-state index in [1.165, 1.54) is 5.56 Å². The van der Waals surface area contributed by atoms with Gasteiger partial charge in [0.25, 0.3) is 0 Å². The second kappa shape index (κ2) is 4.53. The Morgan fingerprint density at radius 2 is 2.00 bits per heavy atom. The molecule has 0 spiro atoms. The van der Waals surface area contributed by atoms with E-state index in [9.17, 15) is 0 Å². The van der Waals surface area contributed by atoms with Crippen LogP contribution < -0.4 is 5.32 Å². The first kappa shape index (κ1) is 11.4. The quantitative estimate of drug-likeness (QED) is 0.899. The summed E-state index contributed by atoms with van der Waals surface area (Å²) in [6.07, 6.45) is 0. The molecule has 1 aliphatic rings. The van der Waals surface area contributed by atoms with Gasteiger partial charge >= 0.3 is 0 Å². The van der Waals surface area contributed by atoms with E-state index in [-0.39, 0.29) is 0 Å². The maximum Gasteiger partial charge on any atom is 0.230 e. The second-order valence-electron chi connectivity index (χ2n) is 5.03. The molecule has 1 fully saturated rings. The van der Waals surface area contributed by atoms with E-state index in [0.29, 0.717) is 17.7 Å².